The monoisotopic (exact) mass is 574 g/mol. The Hall–Kier alpha value is -2.95. The maximum Gasteiger partial charge on any atom is 0.417 e. The van der Waals surface area contributed by atoms with Gasteiger partial charge in [0.05, 0.1) is 27.7 Å². The summed E-state index contributed by atoms with van der Waals surface area (Å²) < 4.78 is 73.3. The Balaban J connectivity index is 1.81. The molecule has 0 fully saturated rings. The number of benzene rings is 3. The molecular weight excluding hydrogens is 552 g/mol. The third kappa shape index (κ3) is 7.30. The molecule has 1 N–H and O–H groups in total. The molecule has 3 rings (SSSR count). The van der Waals surface area contributed by atoms with Crippen LogP contribution in [-0.2, 0) is 21.0 Å². The fourth-order valence-electron chi connectivity index (χ4n) is 3.25. The second-order valence-corrected chi connectivity index (χ2v) is 10.8. The Bertz CT molecular complexity index is 1380. The number of nitrogens with one attached hydrogen (secondary N) is 1. The summed E-state index contributed by atoms with van der Waals surface area (Å²) in [5.74, 6) is -0.265. The normalized spacial score (nSPS) is 11.8. The van der Waals surface area contributed by atoms with Crippen molar-refractivity contribution in [2.45, 2.75) is 24.9 Å². The number of carbonyl (C=O) groups is 1. The Morgan fingerprint density at radius 1 is 0.973 bits per heavy atom. The number of sulfonamides is 1. The lowest BCUT2D eigenvalue weighted by molar-refractivity contribution is -0.137. The van der Waals surface area contributed by atoms with Gasteiger partial charge in [-0.05, 0) is 61.9 Å². The minimum absolute atomic E-state index is 0.0111. The lowest BCUT2D eigenvalue weighted by Gasteiger charge is -2.25. The number of rotatable bonds is 9. The summed E-state index contributed by atoms with van der Waals surface area (Å²) in [7, 11) is -4.41. The standard InChI is InChI=1S/C25H23Cl2F3N2O4S/c1-16-3-8-20(9-4-16)37(34,35)32(18-6-10-22(26)21(13-18)25(28,29)30)15-24(33)31-11-12-36-19-7-5-17(2)23(27)14-19/h3-10,13-14H,11-12,15H2,1-2H3,(H,31,33). The molecule has 198 valence electrons. The van der Waals surface area contributed by atoms with Crippen molar-refractivity contribution < 1.29 is 31.1 Å². The molecule has 6 nitrogen and oxygen atoms in total. The molecule has 0 aliphatic rings. The fourth-order valence-corrected chi connectivity index (χ4v) is 5.06. The van der Waals surface area contributed by atoms with E-state index < -0.39 is 39.2 Å². The predicted octanol–water partition coefficient (Wildman–Crippen LogP) is 6.02. The number of aryl methyl sites for hydroxylation is 2. The van der Waals surface area contributed by atoms with Gasteiger partial charge in [0.25, 0.3) is 10.0 Å². The molecule has 0 aromatic heterocycles. The molecule has 3 aromatic rings. The largest absolute Gasteiger partial charge is 0.492 e. The second-order valence-electron chi connectivity index (χ2n) is 8.10. The van der Waals surface area contributed by atoms with Crippen LogP contribution < -0.4 is 14.4 Å². The van der Waals surface area contributed by atoms with E-state index in [1.54, 1.807) is 37.3 Å². The van der Waals surface area contributed by atoms with Crippen LogP contribution in [0.4, 0.5) is 18.9 Å². The lowest BCUT2D eigenvalue weighted by atomic mass is 10.2. The first kappa shape index (κ1) is 28.6. The molecule has 0 heterocycles. The Morgan fingerprint density at radius 2 is 1.65 bits per heavy atom. The number of ether oxygens (including phenoxy) is 1. The molecule has 0 unspecified atom stereocenters. The zero-order valence-corrected chi connectivity index (χ0v) is 22.1. The molecule has 0 aliphatic heterocycles. The van der Waals surface area contributed by atoms with Crippen LogP contribution in [0.2, 0.25) is 10.0 Å². The highest BCUT2D eigenvalue weighted by atomic mass is 35.5. The number of halogens is 5. The van der Waals surface area contributed by atoms with Crippen LogP contribution in [0.5, 0.6) is 5.75 Å². The number of anilines is 1. The average molecular weight is 575 g/mol. The highest BCUT2D eigenvalue weighted by Crippen LogP contribution is 2.38. The quantitative estimate of drug-likeness (QED) is 0.317. The van der Waals surface area contributed by atoms with Crippen molar-refractivity contribution in [2.75, 3.05) is 24.0 Å². The molecule has 12 heteroatoms. The van der Waals surface area contributed by atoms with Gasteiger partial charge in [0, 0.05) is 5.02 Å². The summed E-state index contributed by atoms with van der Waals surface area (Å²) in [6, 6.07) is 13.5. The van der Waals surface area contributed by atoms with E-state index in [-0.39, 0.29) is 23.7 Å². The molecule has 37 heavy (non-hydrogen) atoms. The van der Waals surface area contributed by atoms with Gasteiger partial charge in [0.2, 0.25) is 5.91 Å². The van der Waals surface area contributed by atoms with Crippen LogP contribution in [0.3, 0.4) is 0 Å². The van der Waals surface area contributed by atoms with Crippen molar-refractivity contribution in [1.82, 2.24) is 5.32 Å². The van der Waals surface area contributed by atoms with Gasteiger partial charge in [-0.25, -0.2) is 8.42 Å². The number of amides is 1. The van der Waals surface area contributed by atoms with Crippen LogP contribution in [0.1, 0.15) is 16.7 Å². The summed E-state index contributed by atoms with van der Waals surface area (Å²) in [6.07, 6.45) is -4.83. The van der Waals surface area contributed by atoms with Crippen LogP contribution in [0.15, 0.2) is 65.6 Å². The maximum atomic E-state index is 13.5. The molecule has 0 aliphatic carbocycles. The van der Waals surface area contributed by atoms with E-state index in [0.29, 0.717) is 21.1 Å². The molecule has 0 radical (unpaired) electrons. The van der Waals surface area contributed by atoms with Gasteiger partial charge in [-0.3, -0.25) is 9.10 Å². The SMILES string of the molecule is Cc1ccc(S(=O)(=O)N(CC(=O)NCCOc2ccc(C)c(Cl)c2)c2ccc(Cl)c(C(F)(F)F)c2)cc1. The van der Waals surface area contributed by atoms with Gasteiger partial charge in [-0.2, -0.15) is 13.2 Å². The molecule has 0 bridgehead atoms. The van der Waals surface area contributed by atoms with Crippen molar-refractivity contribution in [3.8, 4) is 5.75 Å². The molecule has 3 aromatic carbocycles. The van der Waals surface area contributed by atoms with E-state index in [9.17, 15) is 26.4 Å². The van der Waals surface area contributed by atoms with E-state index in [0.717, 1.165) is 23.3 Å². The van der Waals surface area contributed by atoms with Crippen molar-refractivity contribution in [3.05, 3.63) is 87.4 Å². The van der Waals surface area contributed by atoms with Gasteiger partial charge >= 0.3 is 6.18 Å². The second kappa shape index (κ2) is 11.6. The number of hydrogen-bond donors (Lipinski definition) is 1. The van der Waals surface area contributed by atoms with Crippen molar-refractivity contribution in [1.29, 1.82) is 0 Å². The summed E-state index contributed by atoms with van der Waals surface area (Å²) in [6.45, 7) is 2.88. The van der Waals surface area contributed by atoms with Gasteiger partial charge < -0.3 is 10.1 Å². The minimum atomic E-state index is -4.83. The Labute approximate surface area is 223 Å². The molecule has 0 saturated carbocycles. The third-order valence-electron chi connectivity index (χ3n) is 5.28. The summed E-state index contributed by atoms with van der Waals surface area (Å²) >= 11 is 11.8. The highest BCUT2D eigenvalue weighted by molar-refractivity contribution is 7.92. The molecule has 0 saturated heterocycles. The third-order valence-corrected chi connectivity index (χ3v) is 7.80. The van der Waals surface area contributed by atoms with Gasteiger partial charge in [0.15, 0.2) is 0 Å². The summed E-state index contributed by atoms with van der Waals surface area (Å²) in [5.41, 5.74) is 0.0661. The first-order chi connectivity index (χ1) is 17.3. The topological polar surface area (TPSA) is 75.7 Å². The number of nitrogens with zero attached hydrogens (tertiary/aromatic N) is 1. The zero-order valence-electron chi connectivity index (χ0n) is 19.8. The Morgan fingerprint density at radius 3 is 2.27 bits per heavy atom. The van der Waals surface area contributed by atoms with E-state index >= 15 is 0 Å². The Kier molecular flexibility index (Phi) is 8.99. The van der Waals surface area contributed by atoms with Crippen molar-refractivity contribution >= 4 is 44.8 Å². The van der Waals surface area contributed by atoms with Crippen LogP contribution >= 0.6 is 23.2 Å². The first-order valence-corrected chi connectivity index (χ1v) is 13.1. The van der Waals surface area contributed by atoms with Gasteiger partial charge in [-0.15, -0.1) is 0 Å². The smallest absolute Gasteiger partial charge is 0.417 e. The lowest BCUT2D eigenvalue weighted by Crippen LogP contribution is -2.42. The van der Waals surface area contributed by atoms with Gasteiger partial charge in [-0.1, -0.05) is 47.0 Å². The minimum Gasteiger partial charge on any atom is -0.492 e. The average Bonchev–Trinajstić information content (AvgIpc) is 2.82. The predicted molar refractivity (Wildman–Crippen MR) is 137 cm³/mol. The van der Waals surface area contributed by atoms with Crippen LogP contribution in [0, 0.1) is 13.8 Å². The number of carbonyl (C=O) groups excluding carboxylic acids is 1. The highest BCUT2D eigenvalue weighted by Gasteiger charge is 2.35. The first-order valence-electron chi connectivity index (χ1n) is 10.9. The van der Waals surface area contributed by atoms with Crippen molar-refractivity contribution in [2.24, 2.45) is 0 Å². The summed E-state index contributed by atoms with van der Waals surface area (Å²) in [5, 5.41) is 2.43. The molecular formula is C25H23Cl2F3N2O4S. The van der Waals surface area contributed by atoms with E-state index in [2.05, 4.69) is 5.32 Å². The number of hydrogen-bond acceptors (Lipinski definition) is 4. The molecule has 0 atom stereocenters. The van der Waals surface area contributed by atoms with E-state index in [1.807, 2.05) is 6.92 Å². The fraction of sp³-hybridized carbons (Fsp3) is 0.240. The van der Waals surface area contributed by atoms with E-state index in [4.69, 9.17) is 27.9 Å². The number of alkyl halides is 3. The molecule has 1 amide bonds. The van der Waals surface area contributed by atoms with Crippen molar-refractivity contribution in [3.63, 3.8) is 0 Å². The zero-order chi connectivity index (χ0) is 27.4. The molecule has 0 spiro atoms. The van der Waals surface area contributed by atoms with Crippen LogP contribution in [-0.4, -0.2) is 34.0 Å². The summed E-state index contributed by atoms with van der Waals surface area (Å²) in [4.78, 5) is 12.5. The maximum absolute atomic E-state index is 13.5. The van der Waals surface area contributed by atoms with Gasteiger partial charge in [0.1, 0.15) is 18.9 Å². The van der Waals surface area contributed by atoms with E-state index in [1.165, 1.54) is 12.1 Å². The van der Waals surface area contributed by atoms with Crippen LogP contribution in [0.25, 0.3) is 0 Å².